The average molecular weight is 294 g/mol. The number of hydrogen-bond acceptors (Lipinski definition) is 2. The fourth-order valence-corrected chi connectivity index (χ4v) is 2.12. The highest BCUT2D eigenvalue weighted by atomic mass is 19.4. The molecule has 1 N–H and O–H groups in total. The van der Waals surface area contributed by atoms with Crippen LogP contribution in [0.4, 0.5) is 22.0 Å². The summed E-state index contributed by atoms with van der Waals surface area (Å²) in [6.45, 7) is -0.113. The fraction of sp³-hybridized carbons (Fsp3) is 0.417. The molecule has 8 heteroatoms. The molecule has 1 aromatic rings. The minimum atomic E-state index is -4.60. The van der Waals surface area contributed by atoms with Gasteiger partial charge >= 0.3 is 6.18 Å². The van der Waals surface area contributed by atoms with Gasteiger partial charge in [-0.1, -0.05) is 0 Å². The lowest BCUT2D eigenvalue weighted by Gasteiger charge is -2.25. The third-order valence-electron chi connectivity index (χ3n) is 2.98. The van der Waals surface area contributed by atoms with Gasteiger partial charge < -0.3 is 4.90 Å². The molecule has 20 heavy (non-hydrogen) atoms. The van der Waals surface area contributed by atoms with Gasteiger partial charge in [0, 0.05) is 11.6 Å². The van der Waals surface area contributed by atoms with Crippen LogP contribution < -0.4 is 5.32 Å². The lowest BCUT2D eigenvalue weighted by atomic mass is 10.1. The number of nitrogens with zero attached hydrogens (tertiary/aromatic N) is 1. The van der Waals surface area contributed by atoms with E-state index in [0.717, 1.165) is 12.1 Å². The van der Waals surface area contributed by atoms with Crippen LogP contribution in [0.25, 0.3) is 0 Å². The number of benzene rings is 1. The monoisotopic (exact) mass is 294 g/mol. The highest BCUT2D eigenvalue weighted by molar-refractivity contribution is 5.84. The van der Waals surface area contributed by atoms with Gasteiger partial charge in [0.15, 0.2) is 0 Å². The Kier molecular flexibility index (Phi) is 3.68. The number of halogens is 5. The summed E-state index contributed by atoms with van der Waals surface area (Å²) in [7, 11) is 0. The highest BCUT2D eigenvalue weighted by Crippen LogP contribution is 2.30. The first-order chi connectivity index (χ1) is 9.19. The maximum Gasteiger partial charge on any atom is 0.406 e. The average Bonchev–Trinajstić information content (AvgIpc) is 2.55. The van der Waals surface area contributed by atoms with Crippen molar-refractivity contribution in [2.24, 2.45) is 0 Å². The SMILES string of the molecule is CC1NC(c2ccc(F)cc2F)N(CC(F)(F)F)C1=O. The number of rotatable bonds is 2. The molecule has 1 amide bonds. The van der Waals surface area contributed by atoms with E-state index in [9.17, 15) is 26.7 Å². The molecule has 0 aliphatic carbocycles. The second-order valence-corrected chi connectivity index (χ2v) is 4.54. The first-order valence-corrected chi connectivity index (χ1v) is 5.77. The Hall–Kier alpha value is -1.70. The molecule has 0 radical (unpaired) electrons. The Bertz CT molecular complexity index is 531. The summed E-state index contributed by atoms with van der Waals surface area (Å²) in [5.41, 5.74) is -0.201. The Balaban J connectivity index is 2.35. The molecule has 2 unspecified atom stereocenters. The van der Waals surface area contributed by atoms with Gasteiger partial charge in [-0.3, -0.25) is 10.1 Å². The summed E-state index contributed by atoms with van der Waals surface area (Å²) in [5.74, 6) is -2.63. The van der Waals surface area contributed by atoms with E-state index < -0.39 is 42.5 Å². The summed E-state index contributed by atoms with van der Waals surface area (Å²) in [6.07, 6.45) is -5.87. The number of hydrogen-bond donors (Lipinski definition) is 1. The lowest BCUT2D eigenvalue weighted by molar-refractivity contribution is -0.161. The second-order valence-electron chi connectivity index (χ2n) is 4.54. The molecule has 1 aliphatic rings. The number of carbonyl (C=O) groups excluding carboxylic acids is 1. The Labute approximate surface area is 111 Å². The molecule has 1 aliphatic heterocycles. The first kappa shape index (κ1) is 14.7. The summed E-state index contributed by atoms with van der Waals surface area (Å²) in [6, 6.07) is 1.65. The van der Waals surface area contributed by atoms with E-state index in [-0.39, 0.29) is 5.56 Å². The summed E-state index contributed by atoms with van der Waals surface area (Å²) < 4.78 is 64.0. The smallest absolute Gasteiger partial charge is 0.312 e. The van der Waals surface area contributed by atoms with E-state index >= 15 is 0 Å². The molecular formula is C12H11F5N2O. The van der Waals surface area contributed by atoms with Crippen LogP contribution in [-0.4, -0.2) is 29.6 Å². The Morgan fingerprint density at radius 2 is 1.95 bits per heavy atom. The van der Waals surface area contributed by atoms with Crippen LogP contribution in [0.2, 0.25) is 0 Å². The molecular weight excluding hydrogens is 283 g/mol. The molecule has 0 bridgehead atoms. The van der Waals surface area contributed by atoms with Crippen molar-refractivity contribution in [1.82, 2.24) is 10.2 Å². The van der Waals surface area contributed by atoms with Crippen LogP contribution in [0.1, 0.15) is 18.7 Å². The van der Waals surface area contributed by atoms with Crippen LogP contribution in [0.15, 0.2) is 18.2 Å². The molecule has 0 saturated carbocycles. The predicted molar refractivity (Wildman–Crippen MR) is 59.5 cm³/mol. The molecule has 1 aromatic carbocycles. The number of nitrogens with one attached hydrogen (secondary N) is 1. The predicted octanol–water partition coefficient (Wildman–Crippen LogP) is 2.35. The van der Waals surface area contributed by atoms with Gasteiger partial charge in [-0.05, 0) is 19.1 Å². The minimum Gasteiger partial charge on any atom is -0.312 e. The molecule has 1 heterocycles. The quantitative estimate of drug-likeness (QED) is 0.849. The largest absolute Gasteiger partial charge is 0.406 e. The number of carbonyl (C=O) groups is 1. The minimum absolute atomic E-state index is 0.201. The van der Waals surface area contributed by atoms with Gasteiger partial charge in [0.2, 0.25) is 5.91 Å². The van der Waals surface area contributed by atoms with Crippen LogP contribution >= 0.6 is 0 Å². The van der Waals surface area contributed by atoms with Crippen molar-refractivity contribution in [2.75, 3.05) is 6.54 Å². The third-order valence-corrected chi connectivity index (χ3v) is 2.98. The van der Waals surface area contributed by atoms with Crippen molar-refractivity contribution in [3.63, 3.8) is 0 Å². The highest BCUT2D eigenvalue weighted by Gasteiger charge is 2.44. The standard InChI is InChI=1S/C12H11F5N2O/c1-6-11(20)19(5-12(15,16)17)10(18-6)8-3-2-7(13)4-9(8)14/h2-4,6,10,18H,5H2,1H3. The lowest BCUT2D eigenvalue weighted by Crippen LogP contribution is -2.38. The second kappa shape index (κ2) is 5.01. The molecule has 3 nitrogen and oxygen atoms in total. The topological polar surface area (TPSA) is 32.3 Å². The van der Waals surface area contributed by atoms with Crippen molar-refractivity contribution in [3.05, 3.63) is 35.4 Å². The van der Waals surface area contributed by atoms with Crippen LogP contribution in [0.5, 0.6) is 0 Å². The van der Waals surface area contributed by atoms with E-state index in [1.165, 1.54) is 6.92 Å². The maximum absolute atomic E-state index is 13.7. The third kappa shape index (κ3) is 2.90. The van der Waals surface area contributed by atoms with Crippen LogP contribution in [0.3, 0.4) is 0 Å². The summed E-state index contributed by atoms with van der Waals surface area (Å²) in [5, 5.41) is 2.57. The van der Waals surface area contributed by atoms with E-state index in [0.29, 0.717) is 11.0 Å². The van der Waals surface area contributed by atoms with Gasteiger partial charge in [0.05, 0.1) is 6.04 Å². The van der Waals surface area contributed by atoms with Crippen molar-refractivity contribution >= 4 is 5.91 Å². The van der Waals surface area contributed by atoms with E-state index in [4.69, 9.17) is 0 Å². The zero-order valence-electron chi connectivity index (χ0n) is 10.3. The molecule has 2 atom stereocenters. The molecule has 0 spiro atoms. The Morgan fingerprint density at radius 3 is 2.50 bits per heavy atom. The van der Waals surface area contributed by atoms with Crippen molar-refractivity contribution in [2.45, 2.75) is 25.3 Å². The van der Waals surface area contributed by atoms with Gasteiger partial charge in [-0.2, -0.15) is 13.2 Å². The van der Waals surface area contributed by atoms with E-state index in [1.807, 2.05) is 0 Å². The van der Waals surface area contributed by atoms with Gasteiger partial charge in [-0.15, -0.1) is 0 Å². The molecule has 1 fully saturated rings. The van der Waals surface area contributed by atoms with Gasteiger partial charge in [0.25, 0.3) is 0 Å². The number of amides is 1. The van der Waals surface area contributed by atoms with Gasteiger partial charge in [0.1, 0.15) is 24.3 Å². The molecule has 1 saturated heterocycles. The number of alkyl halides is 3. The van der Waals surface area contributed by atoms with Crippen LogP contribution in [-0.2, 0) is 4.79 Å². The Morgan fingerprint density at radius 1 is 1.30 bits per heavy atom. The van der Waals surface area contributed by atoms with E-state index in [2.05, 4.69) is 5.32 Å². The first-order valence-electron chi connectivity index (χ1n) is 5.77. The molecule has 2 rings (SSSR count). The molecule has 0 aromatic heterocycles. The van der Waals surface area contributed by atoms with E-state index in [1.54, 1.807) is 0 Å². The van der Waals surface area contributed by atoms with Crippen molar-refractivity contribution < 1.29 is 26.7 Å². The summed E-state index contributed by atoms with van der Waals surface area (Å²) in [4.78, 5) is 12.2. The summed E-state index contributed by atoms with van der Waals surface area (Å²) >= 11 is 0. The van der Waals surface area contributed by atoms with Crippen LogP contribution in [0, 0.1) is 11.6 Å². The fourth-order valence-electron chi connectivity index (χ4n) is 2.12. The zero-order chi connectivity index (χ0) is 15.1. The maximum atomic E-state index is 13.7. The van der Waals surface area contributed by atoms with Crippen molar-refractivity contribution in [3.8, 4) is 0 Å². The van der Waals surface area contributed by atoms with Crippen molar-refractivity contribution in [1.29, 1.82) is 0 Å². The zero-order valence-corrected chi connectivity index (χ0v) is 10.3. The normalized spacial score (nSPS) is 23.5. The van der Waals surface area contributed by atoms with Gasteiger partial charge in [-0.25, -0.2) is 8.78 Å². The molecule has 110 valence electrons.